The Hall–Kier alpha value is -1.86. The quantitative estimate of drug-likeness (QED) is 0.287. The molecule has 7 heteroatoms. The molecule has 1 atom stereocenters. The Balaban J connectivity index is 0.00000272. The first kappa shape index (κ1) is 23.8. The lowest BCUT2D eigenvalue weighted by molar-refractivity contribution is 0.0903. The van der Waals surface area contributed by atoms with Crippen LogP contribution in [-0.2, 0) is 6.42 Å². The van der Waals surface area contributed by atoms with Crippen molar-refractivity contribution in [3.8, 4) is 5.75 Å². The monoisotopic (exact) mass is 475 g/mol. The van der Waals surface area contributed by atoms with Gasteiger partial charge in [-0.3, -0.25) is 4.79 Å². The molecule has 1 aliphatic carbocycles. The van der Waals surface area contributed by atoms with E-state index in [0.29, 0.717) is 22.8 Å². The van der Waals surface area contributed by atoms with Crippen LogP contribution in [0.3, 0.4) is 0 Å². The average molecular weight is 476 g/mol. The predicted octanol–water partition coefficient (Wildman–Crippen LogP) is 6.86. The van der Waals surface area contributed by atoms with Crippen LogP contribution in [0.4, 0.5) is 0 Å². The molecular weight excluding hydrogens is 450 g/mol. The minimum Gasteiger partial charge on any atom is -0.463 e. The normalized spacial score (nSPS) is 15.8. The first-order valence-corrected chi connectivity index (χ1v) is 10.9. The molecule has 1 aliphatic rings. The number of fused-ring (bicyclic) bond motifs is 1. The molecule has 0 saturated carbocycles. The van der Waals surface area contributed by atoms with Crippen molar-refractivity contribution >= 4 is 43.1 Å². The second-order valence-electron chi connectivity index (χ2n) is 8.40. The molecule has 0 bridgehead atoms. The molecule has 31 heavy (non-hydrogen) atoms. The van der Waals surface area contributed by atoms with Crippen molar-refractivity contribution in [3.63, 3.8) is 0 Å². The lowest BCUT2D eigenvalue weighted by Crippen LogP contribution is -2.25. The fourth-order valence-corrected chi connectivity index (χ4v) is 4.55. The topological polar surface area (TPSA) is 42.7 Å². The molecule has 0 radical (unpaired) electrons. The first-order valence-electron chi connectivity index (χ1n) is 9.86. The largest absolute Gasteiger partial charge is 0.463 e. The van der Waals surface area contributed by atoms with Crippen LogP contribution in [0.15, 0.2) is 65.1 Å². The number of ketones is 1. The maximum absolute atomic E-state index is 12.7. The molecule has 0 amide bonds. The Morgan fingerprint density at radius 1 is 1.10 bits per heavy atom. The maximum atomic E-state index is 12.7. The smallest absolute Gasteiger partial charge is 0.166 e. The third kappa shape index (κ3) is 5.50. The van der Waals surface area contributed by atoms with E-state index >= 15 is 0 Å². The van der Waals surface area contributed by atoms with Crippen LogP contribution < -0.4 is 4.18 Å². The van der Waals surface area contributed by atoms with Crippen molar-refractivity contribution < 1.29 is 13.4 Å². The van der Waals surface area contributed by atoms with E-state index in [9.17, 15) is 4.79 Å². The van der Waals surface area contributed by atoms with Crippen LogP contribution in [0.1, 0.15) is 53.8 Å². The van der Waals surface area contributed by atoms with Gasteiger partial charge in [0.2, 0.25) is 0 Å². The van der Waals surface area contributed by atoms with Gasteiger partial charge in [-0.1, -0.05) is 55.8 Å². The van der Waals surface area contributed by atoms with Gasteiger partial charge in [-0.2, -0.15) is 13.5 Å². The molecule has 0 N–H and O–H groups in total. The summed E-state index contributed by atoms with van der Waals surface area (Å²) in [7, 11) is 1.95. The van der Waals surface area contributed by atoms with Crippen LogP contribution in [0.5, 0.6) is 5.75 Å². The molecule has 0 aliphatic heterocycles. The van der Waals surface area contributed by atoms with Gasteiger partial charge in [-0.05, 0) is 41.3 Å². The summed E-state index contributed by atoms with van der Waals surface area (Å²) < 4.78 is 14.1. The molecule has 4 rings (SSSR count). The van der Waals surface area contributed by atoms with Crippen LogP contribution in [-0.4, -0.2) is 17.1 Å². The Kier molecular flexibility index (Phi) is 7.47. The first-order chi connectivity index (χ1) is 14.3. The van der Waals surface area contributed by atoms with Gasteiger partial charge < -0.3 is 8.60 Å². The third-order valence-corrected chi connectivity index (χ3v) is 6.18. The number of nitrogens with zero attached hydrogens (tertiary/aromatic N) is 1. The molecule has 2 aromatic carbocycles. The zero-order valence-electron chi connectivity index (χ0n) is 17.7. The third-order valence-electron chi connectivity index (χ3n) is 5.22. The summed E-state index contributed by atoms with van der Waals surface area (Å²) in [5.74, 6) is 2.38. The molecule has 3 aromatic rings. The van der Waals surface area contributed by atoms with Gasteiger partial charge in [0, 0.05) is 24.9 Å². The van der Waals surface area contributed by atoms with Gasteiger partial charge in [0.1, 0.15) is 35.5 Å². The molecular formula is C24H26ClNO3S2. The van der Waals surface area contributed by atoms with Crippen molar-refractivity contribution in [2.45, 2.75) is 32.7 Å². The van der Waals surface area contributed by atoms with Crippen molar-refractivity contribution in [1.82, 2.24) is 4.31 Å². The summed E-state index contributed by atoms with van der Waals surface area (Å²) in [6, 6.07) is 19.0. The van der Waals surface area contributed by atoms with E-state index in [1.165, 1.54) is 12.2 Å². The van der Waals surface area contributed by atoms with Crippen molar-refractivity contribution in [2.24, 2.45) is 5.41 Å². The van der Waals surface area contributed by atoms with Crippen LogP contribution in [0.25, 0.3) is 0 Å². The highest BCUT2D eigenvalue weighted by Crippen LogP contribution is 2.40. The number of benzene rings is 2. The molecule has 0 fully saturated rings. The molecule has 164 valence electrons. The number of rotatable bonds is 6. The highest BCUT2D eigenvalue weighted by Gasteiger charge is 2.36. The number of carbonyl (C=O) groups is 1. The molecule has 1 aromatic heterocycles. The molecule has 1 unspecified atom stereocenters. The summed E-state index contributed by atoms with van der Waals surface area (Å²) >= 11 is 7.18. The van der Waals surface area contributed by atoms with E-state index in [-0.39, 0.29) is 30.7 Å². The summed E-state index contributed by atoms with van der Waals surface area (Å²) in [6.45, 7) is 4.21. The Morgan fingerprint density at radius 3 is 2.45 bits per heavy atom. The second-order valence-corrected chi connectivity index (χ2v) is 9.73. The molecule has 4 nitrogen and oxygen atoms in total. The van der Waals surface area contributed by atoms with Gasteiger partial charge in [-0.25, -0.2) is 4.31 Å². The zero-order valence-corrected chi connectivity index (χ0v) is 20.3. The average Bonchev–Trinajstić information content (AvgIpc) is 3.11. The number of furan rings is 1. The van der Waals surface area contributed by atoms with E-state index in [2.05, 4.69) is 26.0 Å². The maximum Gasteiger partial charge on any atom is 0.166 e. The van der Waals surface area contributed by atoms with E-state index < -0.39 is 0 Å². The van der Waals surface area contributed by atoms with Crippen LogP contribution >= 0.6 is 37.3 Å². The molecule has 1 heterocycles. The number of hydrogen-bond donors (Lipinski definition) is 0. The highest BCUT2D eigenvalue weighted by atomic mass is 35.5. The number of halogens is 1. The van der Waals surface area contributed by atoms with Gasteiger partial charge >= 0.3 is 0 Å². The van der Waals surface area contributed by atoms with E-state index in [1.807, 2.05) is 47.8 Å². The summed E-state index contributed by atoms with van der Waals surface area (Å²) in [4.78, 5) is 12.7. The van der Waals surface area contributed by atoms with Crippen molar-refractivity contribution in [2.75, 3.05) is 7.05 Å². The number of Topliss-reactive ketones (excluding diaryl/α,β-unsaturated/α-hetero) is 1. The summed E-state index contributed by atoms with van der Waals surface area (Å²) in [6.07, 6.45) is 1.30. The van der Waals surface area contributed by atoms with Crippen molar-refractivity contribution in [3.05, 3.63) is 88.3 Å². The SMILES string of the molecule is CN(SOc1ccc(Cl)cc1)C(c1ccccc1)c1cc2c(o1)CC(C)(C)CC2=O.S. The van der Waals surface area contributed by atoms with Crippen molar-refractivity contribution in [1.29, 1.82) is 0 Å². The highest BCUT2D eigenvalue weighted by molar-refractivity contribution is 7.92. The Bertz CT molecular complexity index is 1030. The number of carbonyl (C=O) groups excluding carboxylic acids is 1. The fraction of sp³-hybridized carbons (Fsp3) is 0.292. The van der Waals surface area contributed by atoms with Gasteiger partial charge in [0.25, 0.3) is 0 Å². The van der Waals surface area contributed by atoms with Crippen LogP contribution in [0.2, 0.25) is 5.02 Å². The van der Waals surface area contributed by atoms with E-state index in [0.717, 1.165) is 23.5 Å². The minimum absolute atomic E-state index is 0. The van der Waals surface area contributed by atoms with Gasteiger partial charge in [0.05, 0.1) is 5.56 Å². The number of hydrogen-bond acceptors (Lipinski definition) is 5. The summed E-state index contributed by atoms with van der Waals surface area (Å²) in [5, 5.41) is 0.664. The fourth-order valence-electron chi connectivity index (χ4n) is 3.80. The molecule has 0 spiro atoms. The minimum atomic E-state index is -0.204. The Labute approximate surface area is 199 Å². The van der Waals surface area contributed by atoms with Gasteiger partial charge in [-0.15, -0.1) is 0 Å². The predicted molar refractivity (Wildman–Crippen MR) is 131 cm³/mol. The zero-order chi connectivity index (χ0) is 21.3. The molecule has 0 saturated heterocycles. The Morgan fingerprint density at radius 2 is 1.77 bits per heavy atom. The van der Waals surface area contributed by atoms with E-state index in [1.54, 1.807) is 12.1 Å². The summed E-state index contributed by atoms with van der Waals surface area (Å²) in [5.41, 5.74) is 1.69. The van der Waals surface area contributed by atoms with E-state index in [4.69, 9.17) is 20.2 Å². The lowest BCUT2D eigenvalue weighted by Gasteiger charge is -2.27. The second kappa shape index (κ2) is 9.74. The lowest BCUT2D eigenvalue weighted by atomic mass is 9.76. The van der Waals surface area contributed by atoms with Crippen LogP contribution in [0, 0.1) is 5.41 Å². The standard InChI is InChI=1S/C24H24ClNO3S.H2S/c1-24(2)14-20(27)19-13-21(28-22(19)15-24)23(16-7-5-4-6-8-16)26(3)30-29-18-11-9-17(25)10-12-18;/h4-13,23H,14-15H2,1-3H3;1H2. The van der Waals surface area contributed by atoms with Gasteiger partial charge in [0.15, 0.2) is 5.78 Å².